The first kappa shape index (κ1) is 13.5. The van der Waals surface area contributed by atoms with Gasteiger partial charge in [-0.15, -0.1) is 0 Å². The van der Waals surface area contributed by atoms with Crippen LogP contribution in [0.25, 0.3) is 11.3 Å². The molecule has 1 saturated heterocycles. The summed E-state index contributed by atoms with van der Waals surface area (Å²) in [5, 5.41) is 13.4. The first-order valence-electron chi connectivity index (χ1n) is 6.63. The molecule has 21 heavy (non-hydrogen) atoms. The number of aromatic carboxylic acids is 1. The number of carboxylic acids is 1. The van der Waals surface area contributed by atoms with Crippen LogP contribution >= 0.6 is 0 Å². The summed E-state index contributed by atoms with van der Waals surface area (Å²) in [6.45, 7) is 1.45. The molecule has 0 atom stereocenters. The number of rotatable bonds is 3. The normalized spacial score (nSPS) is 16.0. The Morgan fingerprint density at radius 1 is 1.38 bits per heavy atom. The molecule has 0 amide bonds. The molecule has 3 rings (SSSR count). The second-order valence-electron chi connectivity index (χ2n) is 4.85. The Hall–Kier alpha value is -2.48. The summed E-state index contributed by atoms with van der Waals surface area (Å²) in [6, 6.07) is 0.299. The molecule has 2 aromatic heterocycles. The molecule has 1 fully saturated rings. The van der Waals surface area contributed by atoms with Gasteiger partial charge in [-0.05, 0) is 12.8 Å². The molecule has 0 aliphatic carbocycles. The molecule has 0 radical (unpaired) electrons. The molecular weight excluding hydrogens is 274 g/mol. The summed E-state index contributed by atoms with van der Waals surface area (Å²) in [6.07, 6.45) is 6.78. The van der Waals surface area contributed by atoms with Gasteiger partial charge in [-0.1, -0.05) is 0 Å². The fraction of sp³-hybridized carbons (Fsp3) is 0.385. The number of ether oxygens (including phenoxy) is 1. The van der Waals surface area contributed by atoms with Gasteiger partial charge < -0.3 is 15.6 Å². The Labute approximate surface area is 120 Å². The SMILES string of the molecule is Nc1ncc(-c2cnn(C3CCOCC3)c2)nc1C(=O)O. The summed E-state index contributed by atoms with van der Waals surface area (Å²) in [7, 11) is 0. The number of nitrogens with zero attached hydrogens (tertiary/aromatic N) is 4. The van der Waals surface area contributed by atoms with Crippen LogP contribution in [0.1, 0.15) is 29.4 Å². The topological polar surface area (TPSA) is 116 Å². The van der Waals surface area contributed by atoms with Crippen LogP contribution in [0.5, 0.6) is 0 Å². The van der Waals surface area contributed by atoms with Gasteiger partial charge in [-0.25, -0.2) is 14.8 Å². The standard InChI is InChI=1S/C13H15N5O3/c14-12-11(13(19)20)17-10(6-15-12)8-5-16-18(7-8)9-1-3-21-4-2-9/h5-7,9H,1-4H2,(H2,14,15)(H,19,20). The van der Waals surface area contributed by atoms with Gasteiger partial charge in [-0.3, -0.25) is 4.68 Å². The maximum Gasteiger partial charge on any atom is 0.358 e. The van der Waals surface area contributed by atoms with E-state index in [1.54, 1.807) is 6.20 Å². The molecule has 8 heteroatoms. The minimum absolute atomic E-state index is 0.0944. The van der Waals surface area contributed by atoms with E-state index in [0.29, 0.717) is 11.7 Å². The number of hydrogen-bond acceptors (Lipinski definition) is 6. The molecule has 0 bridgehead atoms. The molecule has 0 spiro atoms. The van der Waals surface area contributed by atoms with Crippen molar-refractivity contribution in [1.29, 1.82) is 0 Å². The summed E-state index contributed by atoms with van der Waals surface area (Å²) in [4.78, 5) is 19.0. The lowest BCUT2D eigenvalue weighted by molar-refractivity contribution is 0.0662. The van der Waals surface area contributed by atoms with Crippen LogP contribution < -0.4 is 5.73 Å². The minimum atomic E-state index is -1.20. The first-order chi connectivity index (χ1) is 10.1. The summed E-state index contributed by atoms with van der Waals surface area (Å²) < 4.78 is 7.20. The quantitative estimate of drug-likeness (QED) is 0.864. The van der Waals surface area contributed by atoms with E-state index in [1.165, 1.54) is 6.20 Å². The second-order valence-corrected chi connectivity index (χ2v) is 4.85. The maximum atomic E-state index is 11.0. The van der Waals surface area contributed by atoms with E-state index in [4.69, 9.17) is 15.6 Å². The van der Waals surface area contributed by atoms with E-state index < -0.39 is 5.97 Å². The third-order valence-electron chi connectivity index (χ3n) is 3.47. The van der Waals surface area contributed by atoms with Crippen molar-refractivity contribution in [2.24, 2.45) is 0 Å². The Morgan fingerprint density at radius 2 is 2.14 bits per heavy atom. The average molecular weight is 289 g/mol. The Balaban J connectivity index is 1.89. The molecule has 0 unspecified atom stereocenters. The maximum absolute atomic E-state index is 11.0. The van der Waals surface area contributed by atoms with Crippen LogP contribution in [0.15, 0.2) is 18.6 Å². The highest BCUT2D eigenvalue weighted by Gasteiger charge is 2.18. The summed E-state index contributed by atoms with van der Waals surface area (Å²) >= 11 is 0. The first-order valence-corrected chi connectivity index (χ1v) is 6.63. The third kappa shape index (κ3) is 2.70. The fourth-order valence-electron chi connectivity index (χ4n) is 2.31. The van der Waals surface area contributed by atoms with Gasteiger partial charge in [0, 0.05) is 25.0 Å². The molecule has 1 aliphatic heterocycles. The second kappa shape index (κ2) is 5.49. The van der Waals surface area contributed by atoms with Gasteiger partial charge in [0.1, 0.15) is 0 Å². The van der Waals surface area contributed by atoms with E-state index in [2.05, 4.69) is 15.1 Å². The molecule has 1 aliphatic rings. The van der Waals surface area contributed by atoms with E-state index in [1.807, 2.05) is 10.9 Å². The van der Waals surface area contributed by atoms with Crippen molar-refractivity contribution >= 4 is 11.8 Å². The van der Waals surface area contributed by atoms with Gasteiger partial charge in [0.25, 0.3) is 0 Å². The molecule has 8 nitrogen and oxygen atoms in total. The van der Waals surface area contributed by atoms with Crippen molar-refractivity contribution in [3.8, 4) is 11.3 Å². The van der Waals surface area contributed by atoms with Crippen LogP contribution in [0, 0.1) is 0 Å². The smallest absolute Gasteiger partial charge is 0.358 e. The van der Waals surface area contributed by atoms with E-state index in [0.717, 1.165) is 31.6 Å². The Kier molecular flexibility index (Phi) is 3.53. The molecule has 3 heterocycles. The monoisotopic (exact) mass is 289 g/mol. The van der Waals surface area contributed by atoms with Gasteiger partial charge in [0.05, 0.1) is 24.1 Å². The predicted molar refractivity (Wildman–Crippen MR) is 73.7 cm³/mol. The minimum Gasteiger partial charge on any atom is -0.476 e. The predicted octanol–water partition coefficient (Wildman–Crippen LogP) is 0.972. The van der Waals surface area contributed by atoms with Crippen LogP contribution in [-0.2, 0) is 4.74 Å². The number of nitrogen functional groups attached to an aromatic ring is 1. The van der Waals surface area contributed by atoms with E-state index in [-0.39, 0.29) is 11.5 Å². The molecule has 0 saturated carbocycles. The number of carboxylic acid groups (broad SMARTS) is 1. The molecular formula is C13H15N5O3. The van der Waals surface area contributed by atoms with E-state index >= 15 is 0 Å². The fourth-order valence-corrected chi connectivity index (χ4v) is 2.31. The van der Waals surface area contributed by atoms with Gasteiger partial charge in [-0.2, -0.15) is 5.10 Å². The van der Waals surface area contributed by atoms with Crippen LogP contribution in [0.2, 0.25) is 0 Å². The van der Waals surface area contributed by atoms with Crippen LogP contribution in [0.3, 0.4) is 0 Å². The third-order valence-corrected chi connectivity index (χ3v) is 3.47. The van der Waals surface area contributed by atoms with Crippen molar-refractivity contribution in [1.82, 2.24) is 19.7 Å². The van der Waals surface area contributed by atoms with Crippen LogP contribution in [-0.4, -0.2) is 44.0 Å². The van der Waals surface area contributed by atoms with Crippen molar-refractivity contribution in [2.45, 2.75) is 18.9 Å². The van der Waals surface area contributed by atoms with Crippen molar-refractivity contribution in [3.05, 3.63) is 24.3 Å². The number of anilines is 1. The largest absolute Gasteiger partial charge is 0.476 e. The summed E-state index contributed by atoms with van der Waals surface area (Å²) in [5.74, 6) is -1.29. The highest BCUT2D eigenvalue weighted by Crippen LogP contribution is 2.24. The summed E-state index contributed by atoms with van der Waals surface area (Å²) in [5.41, 5.74) is 6.42. The lowest BCUT2D eigenvalue weighted by atomic mass is 10.1. The van der Waals surface area contributed by atoms with Gasteiger partial charge in [0.15, 0.2) is 11.5 Å². The lowest BCUT2D eigenvalue weighted by Crippen LogP contribution is -2.19. The Bertz CT molecular complexity index is 664. The molecule has 110 valence electrons. The molecule has 0 aromatic carbocycles. The van der Waals surface area contributed by atoms with Crippen molar-refractivity contribution < 1.29 is 14.6 Å². The van der Waals surface area contributed by atoms with Crippen molar-refractivity contribution in [2.75, 3.05) is 18.9 Å². The highest BCUT2D eigenvalue weighted by molar-refractivity contribution is 5.90. The average Bonchev–Trinajstić information content (AvgIpc) is 2.98. The Morgan fingerprint density at radius 3 is 2.86 bits per heavy atom. The zero-order chi connectivity index (χ0) is 14.8. The highest BCUT2D eigenvalue weighted by atomic mass is 16.5. The van der Waals surface area contributed by atoms with Crippen LogP contribution in [0.4, 0.5) is 5.82 Å². The number of hydrogen-bond donors (Lipinski definition) is 2. The van der Waals surface area contributed by atoms with Crippen molar-refractivity contribution in [3.63, 3.8) is 0 Å². The lowest BCUT2D eigenvalue weighted by Gasteiger charge is -2.22. The zero-order valence-electron chi connectivity index (χ0n) is 11.3. The number of aromatic nitrogens is 4. The zero-order valence-corrected chi connectivity index (χ0v) is 11.3. The molecule has 2 aromatic rings. The van der Waals surface area contributed by atoms with E-state index in [9.17, 15) is 4.79 Å². The number of carbonyl (C=O) groups is 1. The number of nitrogens with two attached hydrogens (primary N) is 1. The van der Waals surface area contributed by atoms with Gasteiger partial charge >= 0.3 is 5.97 Å². The molecule has 3 N–H and O–H groups in total. The van der Waals surface area contributed by atoms with Gasteiger partial charge in [0.2, 0.25) is 0 Å².